The lowest BCUT2D eigenvalue weighted by molar-refractivity contribution is -0.132. The van der Waals surface area contributed by atoms with E-state index in [1.54, 1.807) is 14.0 Å². The summed E-state index contributed by atoms with van der Waals surface area (Å²) in [5.74, 6) is 0.879. The molecule has 27 heavy (non-hydrogen) atoms. The summed E-state index contributed by atoms with van der Waals surface area (Å²) in [6.45, 7) is 3.36. The van der Waals surface area contributed by atoms with Crippen LogP contribution in [0.1, 0.15) is 57.1 Å². The molecule has 1 amide bonds. The van der Waals surface area contributed by atoms with Crippen LogP contribution in [-0.4, -0.2) is 56.1 Å². The van der Waals surface area contributed by atoms with E-state index in [1.807, 2.05) is 0 Å². The van der Waals surface area contributed by atoms with Crippen LogP contribution in [0.15, 0.2) is 30.3 Å². The molecule has 1 atom stereocenters. The highest BCUT2D eigenvalue weighted by atomic mass is 35.5. The van der Waals surface area contributed by atoms with Crippen molar-refractivity contribution >= 4 is 18.3 Å². The molecule has 0 heterocycles. The Bertz CT molecular complexity index is 530. The molecular weight excluding hydrogens is 360 g/mol. The van der Waals surface area contributed by atoms with Gasteiger partial charge in [-0.25, -0.2) is 0 Å². The number of hydrogen-bond acceptors (Lipinski definition) is 3. The molecule has 154 valence electrons. The van der Waals surface area contributed by atoms with Crippen molar-refractivity contribution in [2.45, 2.75) is 57.5 Å². The van der Waals surface area contributed by atoms with Crippen molar-refractivity contribution < 1.29 is 9.53 Å². The van der Waals surface area contributed by atoms with Gasteiger partial charge in [0.1, 0.15) is 0 Å². The summed E-state index contributed by atoms with van der Waals surface area (Å²) in [6.07, 6.45) is 6.65. The second-order valence-electron chi connectivity index (χ2n) is 7.80. The molecule has 0 saturated heterocycles. The van der Waals surface area contributed by atoms with E-state index in [1.165, 1.54) is 18.4 Å². The Kier molecular flexibility index (Phi) is 11.0. The fourth-order valence-electron chi connectivity index (χ4n) is 4.50. The number of hydrogen-bond donors (Lipinski definition) is 0. The van der Waals surface area contributed by atoms with Crippen molar-refractivity contribution in [1.29, 1.82) is 0 Å². The average Bonchev–Trinajstić information content (AvgIpc) is 2.63. The minimum absolute atomic E-state index is 0. The maximum atomic E-state index is 12.1. The number of methoxy groups -OCH3 is 1. The molecule has 1 unspecified atom stereocenters. The van der Waals surface area contributed by atoms with Crippen molar-refractivity contribution in [3.8, 4) is 0 Å². The Morgan fingerprint density at radius 1 is 1.11 bits per heavy atom. The van der Waals surface area contributed by atoms with E-state index in [-0.39, 0.29) is 18.3 Å². The summed E-state index contributed by atoms with van der Waals surface area (Å²) in [5, 5.41) is 0. The molecule has 0 spiro atoms. The van der Waals surface area contributed by atoms with Crippen molar-refractivity contribution in [2.75, 3.05) is 34.4 Å². The molecular formula is C22H37ClN2O2. The first kappa shape index (κ1) is 23.9. The zero-order chi connectivity index (χ0) is 18.9. The predicted octanol–water partition coefficient (Wildman–Crippen LogP) is 4.55. The highest BCUT2D eigenvalue weighted by molar-refractivity contribution is 5.85. The van der Waals surface area contributed by atoms with Gasteiger partial charge in [0.05, 0.1) is 0 Å². The molecule has 1 saturated carbocycles. The van der Waals surface area contributed by atoms with Crippen LogP contribution in [0.2, 0.25) is 0 Å². The highest BCUT2D eigenvalue weighted by Gasteiger charge is 2.32. The molecule has 1 aliphatic rings. The van der Waals surface area contributed by atoms with Gasteiger partial charge < -0.3 is 14.5 Å². The van der Waals surface area contributed by atoms with Gasteiger partial charge in [-0.3, -0.25) is 4.79 Å². The number of ether oxygens (including phenoxy) is 1. The van der Waals surface area contributed by atoms with Crippen LogP contribution >= 0.6 is 12.4 Å². The third-order valence-electron chi connectivity index (χ3n) is 5.73. The first-order valence-corrected chi connectivity index (χ1v) is 10.0. The summed E-state index contributed by atoms with van der Waals surface area (Å²) < 4.78 is 5.13. The van der Waals surface area contributed by atoms with Crippen LogP contribution in [0.25, 0.3) is 0 Å². The Morgan fingerprint density at radius 2 is 1.74 bits per heavy atom. The summed E-state index contributed by atoms with van der Waals surface area (Å²) in [6, 6.07) is 11.7. The molecule has 0 aromatic heterocycles. The smallest absolute Gasteiger partial charge is 0.219 e. The number of rotatable bonds is 9. The van der Waals surface area contributed by atoms with Gasteiger partial charge in [0.2, 0.25) is 5.91 Å². The van der Waals surface area contributed by atoms with Crippen molar-refractivity contribution in [3.05, 3.63) is 35.9 Å². The van der Waals surface area contributed by atoms with E-state index in [0.717, 1.165) is 38.8 Å². The second kappa shape index (κ2) is 12.4. The highest BCUT2D eigenvalue weighted by Crippen LogP contribution is 2.38. The number of halogens is 1. The number of carbonyl (C=O) groups is 1. The predicted molar refractivity (Wildman–Crippen MR) is 114 cm³/mol. The maximum Gasteiger partial charge on any atom is 0.219 e. The maximum absolute atomic E-state index is 12.1. The van der Waals surface area contributed by atoms with Crippen LogP contribution in [-0.2, 0) is 9.53 Å². The lowest BCUT2D eigenvalue weighted by Crippen LogP contribution is -2.43. The fraction of sp³-hybridized carbons (Fsp3) is 0.682. The second-order valence-corrected chi connectivity index (χ2v) is 7.80. The molecule has 1 aromatic carbocycles. The van der Waals surface area contributed by atoms with Gasteiger partial charge in [0.25, 0.3) is 0 Å². The molecule has 4 nitrogen and oxygen atoms in total. The van der Waals surface area contributed by atoms with Gasteiger partial charge in [-0.15, -0.1) is 12.4 Å². The summed E-state index contributed by atoms with van der Waals surface area (Å²) >= 11 is 0. The molecule has 0 N–H and O–H groups in total. The monoisotopic (exact) mass is 396 g/mol. The Hall–Kier alpha value is -1.10. The third-order valence-corrected chi connectivity index (χ3v) is 5.73. The van der Waals surface area contributed by atoms with E-state index < -0.39 is 0 Å². The van der Waals surface area contributed by atoms with E-state index >= 15 is 0 Å². The molecule has 0 aliphatic heterocycles. The summed E-state index contributed by atoms with van der Waals surface area (Å²) in [7, 11) is 6.10. The summed E-state index contributed by atoms with van der Waals surface area (Å²) in [4.78, 5) is 16.6. The van der Waals surface area contributed by atoms with Crippen LogP contribution in [0, 0.1) is 5.92 Å². The standard InChI is InChI=1S/C22H36N2O2.ClH/c1-18(25)24(16-8-9-17-26-4)21-14-12-20(13-15-21)22(23(2)3)19-10-6-5-7-11-19;/h5-7,10-11,20-22H,8-9,12-17H2,1-4H3;1H. The normalized spacial score (nSPS) is 20.8. The number of unbranched alkanes of at least 4 members (excludes halogenated alkanes) is 1. The minimum Gasteiger partial charge on any atom is -0.385 e. The number of carbonyl (C=O) groups excluding carboxylic acids is 1. The number of nitrogens with zero attached hydrogens (tertiary/aromatic N) is 2. The Balaban J connectivity index is 0.00000364. The van der Waals surface area contributed by atoms with Crippen LogP contribution in [0.5, 0.6) is 0 Å². The third kappa shape index (κ3) is 7.10. The molecule has 1 aliphatic carbocycles. The molecule has 0 bridgehead atoms. The van der Waals surface area contributed by atoms with Crippen molar-refractivity contribution in [3.63, 3.8) is 0 Å². The van der Waals surface area contributed by atoms with E-state index in [0.29, 0.717) is 18.0 Å². The van der Waals surface area contributed by atoms with Crippen molar-refractivity contribution in [2.24, 2.45) is 5.92 Å². The van der Waals surface area contributed by atoms with Gasteiger partial charge in [-0.2, -0.15) is 0 Å². The fourth-order valence-corrected chi connectivity index (χ4v) is 4.50. The number of amides is 1. The van der Waals surface area contributed by atoms with E-state index in [9.17, 15) is 4.79 Å². The van der Waals surface area contributed by atoms with Gasteiger partial charge in [-0.1, -0.05) is 30.3 Å². The molecule has 2 rings (SSSR count). The molecule has 1 aromatic rings. The quantitative estimate of drug-likeness (QED) is 0.574. The molecule has 0 radical (unpaired) electrons. The first-order chi connectivity index (χ1) is 12.5. The lowest BCUT2D eigenvalue weighted by atomic mass is 9.78. The Morgan fingerprint density at radius 3 is 2.26 bits per heavy atom. The zero-order valence-electron chi connectivity index (χ0n) is 17.4. The zero-order valence-corrected chi connectivity index (χ0v) is 18.2. The summed E-state index contributed by atoms with van der Waals surface area (Å²) in [5.41, 5.74) is 1.41. The average molecular weight is 397 g/mol. The first-order valence-electron chi connectivity index (χ1n) is 10.0. The molecule has 1 fully saturated rings. The van der Waals surface area contributed by atoms with Crippen molar-refractivity contribution in [1.82, 2.24) is 9.80 Å². The van der Waals surface area contributed by atoms with Crippen LogP contribution in [0.3, 0.4) is 0 Å². The van der Waals surface area contributed by atoms with Gasteiger partial charge >= 0.3 is 0 Å². The SMILES string of the molecule is COCCCCN(C(C)=O)C1CCC(C(c2ccccc2)N(C)C)CC1.Cl. The van der Waals surface area contributed by atoms with Gasteiger partial charge in [-0.05, 0) is 64.1 Å². The topological polar surface area (TPSA) is 32.8 Å². The van der Waals surface area contributed by atoms with Crippen LogP contribution < -0.4 is 0 Å². The minimum atomic E-state index is 0. The lowest BCUT2D eigenvalue weighted by Gasteiger charge is -2.41. The molecule has 5 heteroatoms. The Labute approximate surface area is 171 Å². The number of benzene rings is 1. The largest absolute Gasteiger partial charge is 0.385 e. The van der Waals surface area contributed by atoms with Crippen LogP contribution in [0.4, 0.5) is 0 Å². The van der Waals surface area contributed by atoms with E-state index in [4.69, 9.17) is 4.74 Å². The van der Waals surface area contributed by atoms with E-state index in [2.05, 4.69) is 54.2 Å². The van der Waals surface area contributed by atoms with Gasteiger partial charge in [0, 0.05) is 39.3 Å². The van der Waals surface area contributed by atoms with Gasteiger partial charge in [0.15, 0.2) is 0 Å².